The van der Waals surface area contributed by atoms with Crippen LogP contribution in [0.15, 0.2) is 30.5 Å². The van der Waals surface area contributed by atoms with E-state index in [1.54, 1.807) is 0 Å². The van der Waals surface area contributed by atoms with Crippen molar-refractivity contribution in [2.75, 3.05) is 25.0 Å². The molecule has 142 valence electrons. The number of anilines is 1. The predicted octanol–water partition coefficient (Wildman–Crippen LogP) is 3.50. The van der Waals surface area contributed by atoms with Crippen LogP contribution >= 0.6 is 11.3 Å². The number of hydrogen-bond donors (Lipinski definition) is 3. The van der Waals surface area contributed by atoms with Crippen molar-refractivity contribution in [3.05, 3.63) is 46.6 Å². The number of carbonyl (C=O) groups is 1. The molecule has 3 N–H and O–H groups in total. The number of aromatic nitrogens is 2. The van der Waals surface area contributed by atoms with Gasteiger partial charge < -0.3 is 20.4 Å². The summed E-state index contributed by atoms with van der Waals surface area (Å²) in [5.74, 6) is -0.0602. The van der Waals surface area contributed by atoms with E-state index in [-0.39, 0.29) is 12.0 Å². The summed E-state index contributed by atoms with van der Waals surface area (Å²) >= 11 is 1.41. The van der Waals surface area contributed by atoms with Gasteiger partial charge in [0, 0.05) is 36.8 Å². The van der Waals surface area contributed by atoms with Gasteiger partial charge in [-0.2, -0.15) is 0 Å². The monoisotopic (exact) mass is 384 g/mol. The average molecular weight is 385 g/mol. The lowest BCUT2D eigenvalue weighted by atomic mass is 10.1. The molecule has 0 unspecified atom stereocenters. The van der Waals surface area contributed by atoms with E-state index in [4.69, 9.17) is 4.74 Å². The van der Waals surface area contributed by atoms with Gasteiger partial charge in [0.2, 0.25) is 0 Å². The Morgan fingerprint density at radius 3 is 3.15 bits per heavy atom. The van der Waals surface area contributed by atoms with Gasteiger partial charge in [-0.15, -0.1) is 0 Å². The number of hydrogen-bond acceptors (Lipinski definition) is 5. The molecular formula is C20H24N4O2S. The fraction of sp³-hybridized carbons (Fsp3) is 0.400. The van der Waals surface area contributed by atoms with Crippen molar-refractivity contribution in [3.8, 4) is 0 Å². The first-order valence-electron chi connectivity index (χ1n) is 9.37. The minimum Gasteiger partial charge on any atom is -0.376 e. The summed E-state index contributed by atoms with van der Waals surface area (Å²) in [7, 11) is 0. The molecule has 4 rings (SSSR count). The van der Waals surface area contributed by atoms with Crippen LogP contribution in [0, 0.1) is 6.92 Å². The number of fused-ring (bicyclic) bond motifs is 1. The number of benzene rings is 1. The molecule has 3 aromatic rings. The van der Waals surface area contributed by atoms with E-state index in [9.17, 15) is 4.79 Å². The van der Waals surface area contributed by atoms with Crippen LogP contribution in [0.3, 0.4) is 0 Å². The van der Waals surface area contributed by atoms with E-state index >= 15 is 0 Å². The fourth-order valence-corrected chi connectivity index (χ4v) is 4.31. The third-order valence-corrected chi connectivity index (χ3v) is 5.98. The second-order valence-corrected chi connectivity index (χ2v) is 7.81. The van der Waals surface area contributed by atoms with Gasteiger partial charge in [-0.3, -0.25) is 4.79 Å². The molecular weight excluding hydrogens is 360 g/mol. The molecule has 1 atom stereocenters. The van der Waals surface area contributed by atoms with Crippen molar-refractivity contribution in [2.45, 2.75) is 32.3 Å². The van der Waals surface area contributed by atoms with Crippen LogP contribution in [0.5, 0.6) is 0 Å². The molecule has 1 aliphatic rings. The summed E-state index contributed by atoms with van der Waals surface area (Å²) in [5, 5.41) is 8.31. The maximum absolute atomic E-state index is 12.5. The Bertz CT molecular complexity index is 927. The van der Waals surface area contributed by atoms with Gasteiger partial charge in [0.05, 0.1) is 11.8 Å². The van der Waals surface area contributed by atoms with E-state index in [0.717, 1.165) is 48.8 Å². The largest absolute Gasteiger partial charge is 0.376 e. The van der Waals surface area contributed by atoms with Crippen LogP contribution in [0.1, 0.15) is 33.8 Å². The van der Waals surface area contributed by atoms with E-state index in [1.807, 2.05) is 25.3 Å². The van der Waals surface area contributed by atoms with Gasteiger partial charge in [0.25, 0.3) is 5.91 Å². The molecule has 0 spiro atoms. The van der Waals surface area contributed by atoms with Crippen LogP contribution in [0.2, 0.25) is 0 Å². The highest BCUT2D eigenvalue weighted by molar-refractivity contribution is 7.17. The zero-order valence-electron chi connectivity index (χ0n) is 15.4. The second kappa shape index (κ2) is 8.10. The number of rotatable bonds is 7. The van der Waals surface area contributed by atoms with E-state index in [0.29, 0.717) is 11.4 Å². The van der Waals surface area contributed by atoms with Crippen LogP contribution in [0.25, 0.3) is 10.9 Å². The highest BCUT2D eigenvalue weighted by Crippen LogP contribution is 2.23. The second-order valence-electron chi connectivity index (χ2n) is 6.81. The number of nitrogens with zero attached hydrogens (tertiary/aromatic N) is 1. The molecule has 1 aromatic carbocycles. The molecule has 0 bridgehead atoms. The Hall–Kier alpha value is -2.38. The van der Waals surface area contributed by atoms with Crippen molar-refractivity contribution in [1.29, 1.82) is 0 Å². The summed E-state index contributed by atoms with van der Waals surface area (Å²) in [6.07, 6.45) is 5.26. The van der Waals surface area contributed by atoms with Gasteiger partial charge in [-0.25, -0.2) is 4.98 Å². The third kappa shape index (κ3) is 4.14. The number of thiazole rings is 1. The zero-order chi connectivity index (χ0) is 18.6. The van der Waals surface area contributed by atoms with Gasteiger partial charge in [0.1, 0.15) is 4.88 Å². The first-order chi connectivity index (χ1) is 13.2. The normalized spacial score (nSPS) is 16.7. The summed E-state index contributed by atoms with van der Waals surface area (Å²) in [4.78, 5) is 20.9. The van der Waals surface area contributed by atoms with E-state index < -0.39 is 0 Å². The van der Waals surface area contributed by atoms with Gasteiger partial charge >= 0.3 is 0 Å². The Morgan fingerprint density at radius 1 is 1.41 bits per heavy atom. The molecule has 1 aliphatic heterocycles. The van der Waals surface area contributed by atoms with Crippen LogP contribution in [-0.2, 0) is 11.2 Å². The third-order valence-electron chi connectivity index (χ3n) is 4.86. The number of amides is 1. The van der Waals surface area contributed by atoms with Gasteiger partial charge in [-0.05, 0) is 37.8 Å². The molecule has 27 heavy (non-hydrogen) atoms. The van der Waals surface area contributed by atoms with Gasteiger partial charge in [0.15, 0.2) is 5.13 Å². The highest BCUT2D eigenvalue weighted by atomic mass is 32.1. The zero-order valence-corrected chi connectivity index (χ0v) is 16.2. The molecule has 1 amide bonds. The standard InChI is InChI=1S/C20H24N4O2S/c1-13-18(27-20(24-13)23-12-15-5-4-10-26-15)19(25)21-9-8-14-11-22-17-7-3-2-6-16(14)17/h2-3,6-7,11,15,22H,4-5,8-10,12H2,1H3,(H,21,25)(H,23,24)/t15-/m1/s1. The van der Waals surface area contributed by atoms with E-state index in [1.165, 1.54) is 22.3 Å². The number of nitrogens with one attached hydrogen (secondary N) is 3. The Labute approximate surface area is 162 Å². The summed E-state index contributed by atoms with van der Waals surface area (Å²) < 4.78 is 5.61. The first kappa shape index (κ1) is 18.0. The molecule has 0 aliphatic carbocycles. The SMILES string of the molecule is Cc1nc(NC[C@H]2CCCO2)sc1C(=O)NCCc1c[nH]c2ccccc12. The number of para-hydroxylation sites is 1. The van der Waals surface area contributed by atoms with Crippen LogP contribution in [-0.4, -0.2) is 41.7 Å². The minimum atomic E-state index is -0.0602. The van der Waals surface area contributed by atoms with Crippen molar-refractivity contribution >= 4 is 33.3 Å². The number of aryl methyl sites for hydroxylation is 1. The highest BCUT2D eigenvalue weighted by Gasteiger charge is 2.18. The summed E-state index contributed by atoms with van der Waals surface area (Å²) in [6.45, 7) is 4.06. The summed E-state index contributed by atoms with van der Waals surface area (Å²) in [6, 6.07) is 8.21. The fourth-order valence-electron chi connectivity index (χ4n) is 3.42. The minimum absolute atomic E-state index is 0.0602. The quantitative estimate of drug-likeness (QED) is 0.583. The van der Waals surface area contributed by atoms with Crippen LogP contribution in [0.4, 0.5) is 5.13 Å². The van der Waals surface area contributed by atoms with Crippen LogP contribution < -0.4 is 10.6 Å². The molecule has 6 nitrogen and oxygen atoms in total. The maximum atomic E-state index is 12.5. The van der Waals surface area contributed by atoms with Crippen molar-refractivity contribution in [3.63, 3.8) is 0 Å². The predicted molar refractivity (Wildman–Crippen MR) is 109 cm³/mol. The smallest absolute Gasteiger partial charge is 0.263 e. The number of carbonyl (C=O) groups excluding carboxylic acids is 1. The van der Waals surface area contributed by atoms with Crippen molar-refractivity contribution in [1.82, 2.24) is 15.3 Å². The Kier molecular flexibility index (Phi) is 5.40. The molecule has 7 heteroatoms. The van der Waals surface area contributed by atoms with Crippen molar-refractivity contribution < 1.29 is 9.53 Å². The lowest BCUT2D eigenvalue weighted by Gasteiger charge is -2.09. The Morgan fingerprint density at radius 2 is 2.30 bits per heavy atom. The average Bonchev–Trinajstić information content (AvgIpc) is 3.40. The molecule has 1 saturated heterocycles. The molecule has 3 heterocycles. The molecule has 0 radical (unpaired) electrons. The number of H-pyrrole nitrogens is 1. The number of aromatic amines is 1. The maximum Gasteiger partial charge on any atom is 0.263 e. The summed E-state index contributed by atoms with van der Waals surface area (Å²) in [5.41, 5.74) is 3.10. The topological polar surface area (TPSA) is 79.0 Å². The lowest BCUT2D eigenvalue weighted by molar-refractivity contribution is 0.0957. The van der Waals surface area contributed by atoms with E-state index in [2.05, 4.69) is 32.7 Å². The molecule has 0 saturated carbocycles. The van der Waals surface area contributed by atoms with Crippen molar-refractivity contribution in [2.24, 2.45) is 0 Å². The molecule has 2 aromatic heterocycles. The lowest BCUT2D eigenvalue weighted by Crippen LogP contribution is -2.25. The first-order valence-corrected chi connectivity index (χ1v) is 10.2. The number of ether oxygens (including phenoxy) is 1. The Balaban J connectivity index is 1.31. The molecule has 1 fully saturated rings. The van der Waals surface area contributed by atoms with Gasteiger partial charge in [-0.1, -0.05) is 29.5 Å².